The van der Waals surface area contributed by atoms with Crippen molar-refractivity contribution in [3.05, 3.63) is 33.8 Å². The Labute approximate surface area is 126 Å². The third-order valence-electron chi connectivity index (χ3n) is 4.37. The van der Waals surface area contributed by atoms with Crippen LogP contribution in [0.3, 0.4) is 0 Å². The molecule has 0 bridgehead atoms. The Balaban J connectivity index is 2.09. The lowest BCUT2D eigenvalue weighted by Gasteiger charge is -2.35. The average molecular weight is 300 g/mol. The van der Waals surface area contributed by atoms with Crippen LogP contribution in [0.15, 0.2) is 18.2 Å². The maximum atomic E-state index is 6.31. The van der Waals surface area contributed by atoms with Crippen molar-refractivity contribution in [2.24, 2.45) is 17.8 Å². The van der Waals surface area contributed by atoms with Crippen molar-refractivity contribution in [3.8, 4) is 0 Å². The van der Waals surface area contributed by atoms with Crippen molar-refractivity contribution in [2.75, 3.05) is 13.6 Å². The number of hydrogen-bond acceptors (Lipinski definition) is 1. The molecule has 0 radical (unpaired) electrons. The van der Waals surface area contributed by atoms with Gasteiger partial charge in [0, 0.05) is 10.0 Å². The molecule has 0 heterocycles. The van der Waals surface area contributed by atoms with Crippen LogP contribution in [0.2, 0.25) is 10.0 Å². The minimum atomic E-state index is 0.720. The summed E-state index contributed by atoms with van der Waals surface area (Å²) in [5.41, 5.74) is 1.24. The van der Waals surface area contributed by atoms with Gasteiger partial charge in [0.2, 0.25) is 0 Å². The molecule has 1 aliphatic rings. The van der Waals surface area contributed by atoms with Crippen LogP contribution in [0.1, 0.15) is 31.7 Å². The number of nitrogens with one attached hydrogen (secondary N) is 1. The predicted octanol–water partition coefficient (Wildman–Crippen LogP) is 4.81. The monoisotopic (exact) mass is 299 g/mol. The van der Waals surface area contributed by atoms with E-state index in [9.17, 15) is 0 Å². The molecule has 1 aliphatic carbocycles. The molecule has 0 saturated heterocycles. The molecule has 0 amide bonds. The quantitative estimate of drug-likeness (QED) is 0.841. The Morgan fingerprint density at radius 2 is 2.00 bits per heavy atom. The molecule has 1 nitrogen and oxygen atoms in total. The summed E-state index contributed by atoms with van der Waals surface area (Å²) in [7, 11) is 2.05. The molecule has 0 spiro atoms. The Bertz CT molecular complexity index is 419. The zero-order chi connectivity index (χ0) is 13.8. The van der Waals surface area contributed by atoms with Crippen molar-refractivity contribution < 1.29 is 0 Å². The normalized spacial score (nSPS) is 27.5. The van der Waals surface area contributed by atoms with Crippen LogP contribution in [0.4, 0.5) is 0 Å². The molecule has 106 valence electrons. The largest absolute Gasteiger partial charge is 0.319 e. The first kappa shape index (κ1) is 15.2. The van der Waals surface area contributed by atoms with Gasteiger partial charge in [-0.25, -0.2) is 0 Å². The Hall–Kier alpha value is -0.240. The summed E-state index contributed by atoms with van der Waals surface area (Å²) < 4.78 is 0. The van der Waals surface area contributed by atoms with Gasteiger partial charge in [-0.1, -0.05) is 42.6 Å². The van der Waals surface area contributed by atoms with E-state index in [4.69, 9.17) is 23.2 Å². The molecule has 1 saturated carbocycles. The molecular formula is C16H23Cl2N. The SMILES string of the molecule is CNCC1CCC(C)CC1Cc1ccc(Cl)cc1Cl. The molecule has 3 unspecified atom stereocenters. The van der Waals surface area contributed by atoms with Crippen LogP contribution in [0.5, 0.6) is 0 Å². The predicted molar refractivity (Wildman–Crippen MR) is 84.1 cm³/mol. The summed E-state index contributed by atoms with van der Waals surface area (Å²) in [6.45, 7) is 3.48. The maximum absolute atomic E-state index is 6.31. The second kappa shape index (κ2) is 6.97. The molecule has 19 heavy (non-hydrogen) atoms. The van der Waals surface area contributed by atoms with E-state index < -0.39 is 0 Å². The van der Waals surface area contributed by atoms with Crippen molar-refractivity contribution in [2.45, 2.75) is 32.6 Å². The third kappa shape index (κ3) is 4.11. The standard InChI is InChI=1S/C16H23Cl2N/c1-11-3-4-13(10-19-2)14(7-11)8-12-5-6-15(17)9-16(12)18/h5-6,9,11,13-14,19H,3-4,7-8,10H2,1-2H3. The smallest absolute Gasteiger partial charge is 0.0452 e. The molecule has 1 aromatic rings. The fourth-order valence-corrected chi connectivity index (χ4v) is 3.80. The van der Waals surface area contributed by atoms with E-state index >= 15 is 0 Å². The van der Waals surface area contributed by atoms with E-state index in [1.165, 1.54) is 24.8 Å². The van der Waals surface area contributed by atoms with E-state index in [1.807, 2.05) is 19.2 Å². The van der Waals surface area contributed by atoms with Gasteiger partial charge in [0.15, 0.2) is 0 Å². The summed E-state index contributed by atoms with van der Waals surface area (Å²) in [4.78, 5) is 0. The van der Waals surface area contributed by atoms with Crippen LogP contribution >= 0.6 is 23.2 Å². The average Bonchev–Trinajstić information content (AvgIpc) is 2.36. The van der Waals surface area contributed by atoms with Crippen LogP contribution in [-0.4, -0.2) is 13.6 Å². The molecule has 1 aromatic carbocycles. The second-order valence-corrected chi connectivity index (χ2v) is 6.78. The van der Waals surface area contributed by atoms with Crippen LogP contribution < -0.4 is 5.32 Å². The highest BCUT2D eigenvalue weighted by atomic mass is 35.5. The molecular weight excluding hydrogens is 277 g/mol. The third-order valence-corrected chi connectivity index (χ3v) is 4.95. The fraction of sp³-hybridized carbons (Fsp3) is 0.625. The maximum Gasteiger partial charge on any atom is 0.0452 e. The molecule has 1 fully saturated rings. The van der Waals surface area contributed by atoms with Gasteiger partial charge in [0.05, 0.1) is 0 Å². The summed E-state index contributed by atoms with van der Waals surface area (Å²) in [5.74, 6) is 2.34. The zero-order valence-electron chi connectivity index (χ0n) is 11.8. The second-order valence-electron chi connectivity index (χ2n) is 5.94. The summed E-state index contributed by atoms with van der Waals surface area (Å²) in [6.07, 6.45) is 5.08. The highest BCUT2D eigenvalue weighted by molar-refractivity contribution is 6.35. The number of hydrogen-bond donors (Lipinski definition) is 1. The van der Waals surface area contributed by atoms with Gasteiger partial charge in [-0.2, -0.15) is 0 Å². The number of benzene rings is 1. The Morgan fingerprint density at radius 1 is 1.21 bits per heavy atom. The van der Waals surface area contributed by atoms with Gasteiger partial charge in [-0.15, -0.1) is 0 Å². The van der Waals surface area contributed by atoms with Crippen LogP contribution in [-0.2, 0) is 6.42 Å². The van der Waals surface area contributed by atoms with E-state index in [1.54, 1.807) is 0 Å². The van der Waals surface area contributed by atoms with E-state index in [0.29, 0.717) is 0 Å². The first-order chi connectivity index (χ1) is 9.10. The summed E-state index contributed by atoms with van der Waals surface area (Å²) in [6, 6.07) is 5.89. The first-order valence-electron chi connectivity index (χ1n) is 7.18. The topological polar surface area (TPSA) is 12.0 Å². The lowest BCUT2D eigenvalue weighted by Crippen LogP contribution is -2.32. The van der Waals surface area contributed by atoms with E-state index in [-0.39, 0.29) is 0 Å². The van der Waals surface area contributed by atoms with Gasteiger partial charge in [-0.05, 0) is 68.3 Å². The molecule has 0 aromatic heterocycles. The molecule has 3 heteroatoms. The molecule has 0 aliphatic heterocycles. The Kier molecular flexibility index (Phi) is 5.56. The van der Waals surface area contributed by atoms with E-state index in [0.717, 1.165) is 40.8 Å². The van der Waals surface area contributed by atoms with Crippen molar-refractivity contribution in [3.63, 3.8) is 0 Å². The lowest BCUT2D eigenvalue weighted by atomic mass is 9.72. The number of rotatable bonds is 4. The minimum absolute atomic E-state index is 0.720. The molecule has 2 rings (SSSR count). The summed E-state index contributed by atoms with van der Waals surface area (Å²) in [5, 5.41) is 4.87. The summed E-state index contributed by atoms with van der Waals surface area (Å²) >= 11 is 12.3. The van der Waals surface area contributed by atoms with Gasteiger partial charge in [-0.3, -0.25) is 0 Å². The highest BCUT2D eigenvalue weighted by Crippen LogP contribution is 2.37. The van der Waals surface area contributed by atoms with Gasteiger partial charge < -0.3 is 5.32 Å². The van der Waals surface area contributed by atoms with Crippen molar-refractivity contribution in [1.29, 1.82) is 0 Å². The van der Waals surface area contributed by atoms with E-state index in [2.05, 4.69) is 18.3 Å². The minimum Gasteiger partial charge on any atom is -0.319 e. The zero-order valence-corrected chi connectivity index (χ0v) is 13.3. The van der Waals surface area contributed by atoms with Crippen LogP contribution in [0, 0.1) is 17.8 Å². The van der Waals surface area contributed by atoms with Crippen LogP contribution in [0.25, 0.3) is 0 Å². The van der Waals surface area contributed by atoms with Gasteiger partial charge in [0.1, 0.15) is 0 Å². The Morgan fingerprint density at radius 3 is 2.68 bits per heavy atom. The number of halogens is 2. The first-order valence-corrected chi connectivity index (χ1v) is 7.94. The fourth-order valence-electron chi connectivity index (χ4n) is 3.31. The molecule has 1 N–H and O–H groups in total. The van der Waals surface area contributed by atoms with Gasteiger partial charge >= 0.3 is 0 Å². The van der Waals surface area contributed by atoms with Crippen molar-refractivity contribution in [1.82, 2.24) is 5.32 Å². The van der Waals surface area contributed by atoms with Crippen molar-refractivity contribution >= 4 is 23.2 Å². The lowest BCUT2D eigenvalue weighted by molar-refractivity contribution is 0.186. The van der Waals surface area contributed by atoms with Gasteiger partial charge in [0.25, 0.3) is 0 Å². The molecule has 3 atom stereocenters. The highest BCUT2D eigenvalue weighted by Gasteiger charge is 2.28.